The maximum absolute atomic E-state index is 4.76. The number of aromatic nitrogens is 1. The number of nitrogens with zero attached hydrogens (tertiary/aromatic N) is 1. The number of rotatable bonds is 6. The molecule has 1 aromatic heterocycles. The van der Waals surface area contributed by atoms with Crippen LogP contribution in [0.3, 0.4) is 0 Å². The summed E-state index contributed by atoms with van der Waals surface area (Å²) in [5, 5.41) is 8.13. The fraction of sp³-hybridized carbons (Fsp3) is 0.471. The number of thiazole rings is 1. The molecule has 3 rings (SSSR count). The molecule has 23 heavy (non-hydrogen) atoms. The van der Waals surface area contributed by atoms with Crippen molar-refractivity contribution in [1.82, 2.24) is 10.3 Å². The molecular weight excluding hydrogens is 349 g/mol. The standard InChI is InChI=1S/C17H23N3S.2ClH/c1-2-18-14-8-9-15-16(12-14)21-17(20-15)19-11-10-13-6-4-3-5-7-13;;/h3-7,14,18H,2,8-12H2,1H3,(H,19,20);2*1H. The topological polar surface area (TPSA) is 37.0 Å². The van der Waals surface area contributed by atoms with Gasteiger partial charge in [-0.3, -0.25) is 0 Å². The lowest BCUT2D eigenvalue weighted by atomic mass is 9.98. The Balaban J connectivity index is 0.00000132. The zero-order valence-electron chi connectivity index (χ0n) is 13.4. The molecule has 1 heterocycles. The predicted octanol–water partition coefficient (Wildman–Crippen LogP) is 4.11. The first-order chi connectivity index (χ1) is 10.3. The van der Waals surface area contributed by atoms with Crippen molar-refractivity contribution >= 4 is 41.3 Å². The minimum Gasteiger partial charge on any atom is -0.361 e. The van der Waals surface area contributed by atoms with Crippen molar-refractivity contribution in [3.63, 3.8) is 0 Å². The molecule has 0 bridgehead atoms. The maximum Gasteiger partial charge on any atom is 0.183 e. The van der Waals surface area contributed by atoms with Gasteiger partial charge < -0.3 is 10.6 Å². The van der Waals surface area contributed by atoms with Crippen LogP contribution in [0.1, 0.15) is 29.5 Å². The second kappa shape index (κ2) is 10.1. The van der Waals surface area contributed by atoms with Crippen LogP contribution in [0.2, 0.25) is 0 Å². The summed E-state index contributed by atoms with van der Waals surface area (Å²) in [6.07, 6.45) is 4.52. The monoisotopic (exact) mass is 373 g/mol. The summed E-state index contributed by atoms with van der Waals surface area (Å²) in [5.41, 5.74) is 2.69. The lowest BCUT2D eigenvalue weighted by molar-refractivity contribution is 0.471. The summed E-state index contributed by atoms with van der Waals surface area (Å²) in [6.45, 7) is 4.19. The van der Waals surface area contributed by atoms with Crippen molar-refractivity contribution in [2.75, 3.05) is 18.4 Å². The fourth-order valence-corrected chi connectivity index (χ4v) is 3.99. The van der Waals surface area contributed by atoms with Gasteiger partial charge in [0.15, 0.2) is 5.13 Å². The van der Waals surface area contributed by atoms with Crippen molar-refractivity contribution in [3.05, 3.63) is 46.5 Å². The second-order valence-corrected chi connectivity index (χ2v) is 6.63. The molecule has 6 heteroatoms. The minimum atomic E-state index is 0. The average Bonchev–Trinajstić information content (AvgIpc) is 2.91. The molecule has 1 unspecified atom stereocenters. The Labute approximate surface area is 155 Å². The molecule has 0 aliphatic heterocycles. The van der Waals surface area contributed by atoms with E-state index in [1.807, 2.05) is 11.3 Å². The van der Waals surface area contributed by atoms with Gasteiger partial charge in [0.2, 0.25) is 0 Å². The number of aryl methyl sites for hydroxylation is 1. The molecule has 0 fully saturated rings. The molecule has 1 atom stereocenters. The molecule has 1 aliphatic rings. The Hall–Kier alpha value is -0.810. The van der Waals surface area contributed by atoms with Gasteiger partial charge in [-0.05, 0) is 37.8 Å². The predicted molar refractivity (Wildman–Crippen MR) is 105 cm³/mol. The highest BCUT2D eigenvalue weighted by molar-refractivity contribution is 7.15. The molecule has 1 aromatic carbocycles. The van der Waals surface area contributed by atoms with E-state index in [0.29, 0.717) is 6.04 Å². The van der Waals surface area contributed by atoms with E-state index in [0.717, 1.165) is 37.5 Å². The molecule has 0 spiro atoms. The van der Waals surface area contributed by atoms with Gasteiger partial charge in [-0.1, -0.05) is 37.3 Å². The highest BCUT2D eigenvalue weighted by Gasteiger charge is 2.21. The van der Waals surface area contributed by atoms with E-state index < -0.39 is 0 Å². The third kappa shape index (κ3) is 5.64. The van der Waals surface area contributed by atoms with Crippen LogP contribution in [0.15, 0.2) is 30.3 Å². The molecule has 0 saturated carbocycles. The number of hydrogen-bond acceptors (Lipinski definition) is 4. The zero-order valence-corrected chi connectivity index (χ0v) is 15.8. The zero-order chi connectivity index (χ0) is 14.5. The van der Waals surface area contributed by atoms with Gasteiger partial charge in [-0.2, -0.15) is 0 Å². The Morgan fingerprint density at radius 3 is 2.74 bits per heavy atom. The van der Waals surface area contributed by atoms with Crippen LogP contribution in [-0.4, -0.2) is 24.1 Å². The lowest BCUT2D eigenvalue weighted by Gasteiger charge is -2.21. The number of likely N-dealkylation sites (N-methyl/N-ethyl adjacent to an activating group) is 1. The Bertz CT molecular complexity index is 574. The minimum absolute atomic E-state index is 0. The van der Waals surface area contributed by atoms with Gasteiger partial charge in [0.25, 0.3) is 0 Å². The first kappa shape index (κ1) is 20.2. The van der Waals surface area contributed by atoms with E-state index in [1.165, 1.54) is 22.6 Å². The van der Waals surface area contributed by atoms with Crippen LogP contribution >= 0.6 is 36.2 Å². The molecule has 3 nitrogen and oxygen atoms in total. The van der Waals surface area contributed by atoms with Gasteiger partial charge in [-0.25, -0.2) is 4.98 Å². The molecule has 1 aliphatic carbocycles. The molecular formula is C17H25Cl2N3S. The van der Waals surface area contributed by atoms with Gasteiger partial charge in [0.05, 0.1) is 5.69 Å². The van der Waals surface area contributed by atoms with Gasteiger partial charge >= 0.3 is 0 Å². The third-order valence-electron chi connectivity index (χ3n) is 3.97. The third-order valence-corrected chi connectivity index (χ3v) is 5.04. The average molecular weight is 374 g/mol. The molecule has 0 amide bonds. The van der Waals surface area contributed by atoms with Gasteiger partial charge in [-0.15, -0.1) is 36.2 Å². The van der Waals surface area contributed by atoms with Gasteiger partial charge in [0.1, 0.15) is 0 Å². The summed E-state index contributed by atoms with van der Waals surface area (Å²) >= 11 is 1.84. The molecule has 128 valence electrons. The quantitative estimate of drug-likeness (QED) is 0.799. The van der Waals surface area contributed by atoms with Crippen LogP contribution in [0, 0.1) is 0 Å². The molecule has 0 saturated heterocycles. The summed E-state index contributed by atoms with van der Waals surface area (Å²) < 4.78 is 0. The van der Waals surface area contributed by atoms with Crippen molar-refractivity contribution in [3.8, 4) is 0 Å². The first-order valence-corrected chi connectivity index (χ1v) is 8.66. The molecule has 0 radical (unpaired) electrons. The fourth-order valence-electron chi connectivity index (χ4n) is 2.87. The van der Waals surface area contributed by atoms with E-state index in [9.17, 15) is 0 Å². The van der Waals surface area contributed by atoms with E-state index in [4.69, 9.17) is 4.98 Å². The summed E-state index contributed by atoms with van der Waals surface area (Å²) in [5.74, 6) is 0. The highest BCUT2D eigenvalue weighted by atomic mass is 35.5. The largest absolute Gasteiger partial charge is 0.361 e. The van der Waals surface area contributed by atoms with E-state index >= 15 is 0 Å². The maximum atomic E-state index is 4.76. The highest BCUT2D eigenvalue weighted by Crippen LogP contribution is 2.29. The van der Waals surface area contributed by atoms with Crippen LogP contribution < -0.4 is 10.6 Å². The van der Waals surface area contributed by atoms with Crippen LogP contribution in [0.5, 0.6) is 0 Å². The van der Waals surface area contributed by atoms with E-state index in [-0.39, 0.29) is 24.8 Å². The molecule has 2 N–H and O–H groups in total. The normalized spacial score (nSPS) is 16.0. The van der Waals surface area contributed by atoms with Crippen molar-refractivity contribution in [2.45, 2.75) is 38.6 Å². The van der Waals surface area contributed by atoms with E-state index in [2.05, 4.69) is 47.9 Å². The number of nitrogens with one attached hydrogen (secondary N) is 2. The smallest absolute Gasteiger partial charge is 0.183 e. The van der Waals surface area contributed by atoms with Crippen LogP contribution in [0.25, 0.3) is 0 Å². The summed E-state index contributed by atoms with van der Waals surface area (Å²) in [4.78, 5) is 6.22. The molecule has 2 aromatic rings. The van der Waals surface area contributed by atoms with Gasteiger partial charge in [0, 0.05) is 17.5 Å². The number of benzene rings is 1. The number of anilines is 1. The summed E-state index contributed by atoms with van der Waals surface area (Å²) in [6, 6.07) is 11.2. The summed E-state index contributed by atoms with van der Waals surface area (Å²) in [7, 11) is 0. The number of hydrogen-bond donors (Lipinski definition) is 2. The van der Waals surface area contributed by atoms with Crippen molar-refractivity contribution in [1.29, 1.82) is 0 Å². The first-order valence-electron chi connectivity index (χ1n) is 7.85. The number of halogens is 2. The second-order valence-electron chi connectivity index (χ2n) is 5.55. The van der Waals surface area contributed by atoms with Crippen LogP contribution in [-0.2, 0) is 19.3 Å². The SMILES string of the molecule is CCNC1CCc2nc(NCCc3ccccc3)sc2C1.Cl.Cl. The number of fused-ring (bicyclic) bond motifs is 1. The Morgan fingerprint density at radius 1 is 1.22 bits per heavy atom. The van der Waals surface area contributed by atoms with Crippen molar-refractivity contribution < 1.29 is 0 Å². The Kier molecular flexibility index (Phi) is 8.92. The lowest BCUT2D eigenvalue weighted by Crippen LogP contribution is -2.33. The Morgan fingerprint density at radius 2 is 2.00 bits per heavy atom. The van der Waals surface area contributed by atoms with Crippen molar-refractivity contribution in [2.24, 2.45) is 0 Å². The van der Waals surface area contributed by atoms with E-state index in [1.54, 1.807) is 0 Å². The van der Waals surface area contributed by atoms with Crippen LogP contribution in [0.4, 0.5) is 5.13 Å².